The summed E-state index contributed by atoms with van der Waals surface area (Å²) in [5.41, 5.74) is 1.03. The summed E-state index contributed by atoms with van der Waals surface area (Å²) < 4.78 is 27.9. The van der Waals surface area contributed by atoms with Crippen LogP contribution in [0.1, 0.15) is 18.4 Å². The summed E-state index contributed by atoms with van der Waals surface area (Å²) >= 11 is 1.25. The van der Waals surface area contributed by atoms with E-state index in [-0.39, 0.29) is 0 Å². The standard InChI is InChI=1S/C17H18N4O2S2/c22-25(23,16-11-19-17(24-16)21-8-1-2-9-21)15-5-3-14(4-6-15)12-20-10-7-18-13-20/h3-7,10-11,13H,1-2,8-9,12H2. The summed E-state index contributed by atoms with van der Waals surface area (Å²) in [6.45, 7) is 2.58. The fraction of sp³-hybridized carbons (Fsp3) is 0.294. The molecule has 6 nitrogen and oxygen atoms in total. The van der Waals surface area contributed by atoms with Crippen LogP contribution in [0.2, 0.25) is 0 Å². The first-order chi connectivity index (χ1) is 12.1. The van der Waals surface area contributed by atoms with Gasteiger partial charge >= 0.3 is 0 Å². The van der Waals surface area contributed by atoms with Crippen LogP contribution >= 0.6 is 11.3 Å². The minimum atomic E-state index is -3.52. The molecule has 0 saturated carbocycles. The molecule has 3 heterocycles. The highest BCUT2D eigenvalue weighted by Gasteiger charge is 2.23. The zero-order chi connectivity index (χ0) is 17.3. The summed E-state index contributed by atoms with van der Waals surface area (Å²) in [5.74, 6) is 0. The van der Waals surface area contributed by atoms with Gasteiger partial charge in [0, 0.05) is 32.0 Å². The van der Waals surface area contributed by atoms with Crippen molar-refractivity contribution < 1.29 is 8.42 Å². The molecule has 25 heavy (non-hydrogen) atoms. The fourth-order valence-corrected chi connectivity index (χ4v) is 5.48. The van der Waals surface area contributed by atoms with Gasteiger partial charge in [-0.3, -0.25) is 0 Å². The topological polar surface area (TPSA) is 68.1 Å². The third-order valence-corrected chi connectivity index (χ3v) is 7.56. The van der Waals surface area contributed by atoms with E-state index >= 15 is 0 Å². The first-order valence-corrected chi connectivity index (χ1v) is 10.4. The minimum Gasteiger partial charge on any atom is -0.348 e. The molecule has 0 amide bonds. The molecule has 0 spiro atoms. The Kier molecular flexibility index (Phi) is 4.30. The maximum Gasteiger partial charge on any atom is 0.217 e. The molecule has 1 fully saturated rings. The number of sulfone groups is 1. The Balaban J connectivity index is 1.55. The van der Waals surface area contributed by atoms with Crippen molar-refractivity contribution in [2.45, 2.75) is 28.5 Å². The Bertz CT molecular complexity index is 941. The first-order valence-electron chi connectivity index (χ1n) is 8.13. The largest absolute Gasteiger partial charge is 0.348 e. The highest BCUT2D eigenvalue weighted by atomic mass is 32.2. The molecule has 3 aromatic rings. The van der Waals surface area contributed by atoms with Crippen LogP contribution in [0.4, 0.5) is 5.13 Å². The van der Waals surface area contributed by atoms with Crippen LogP contribution in [0.3, 0.4) is 0 Å². The van der Waals surface area contributed by atoms with Gasteiger partial charge in [0.1, 0.15) is 4.21 Å². The van der Waals surface area contributed by atoms with Gasteiger partial charge in [-0.2, -0.15) is 0 Å². The number of hydrogen-bond acceptors (Lipinski definition) is 6. The molecule has 2 aromatic heterocycles. The molecule has 0 atom stereocenters. The number of nitrogens with zero attached hydrogens (tertiary/aromatic N) is 4. The molecule has 0 unspecified atom stereocenters. The minimum absolute atomic E-state index is 0.303. The molecular formula is C17H18N4O2S2. The lowest BCUT2D eigenvalue weighted by Crippen LogP contribution is -2.16. The van der Waals surface area contributed by atoms with Crippen molar-refractivity contribution in [1.29, 1.82) is 0 Å². The second-order valence-corrected chi connectivity index (χ2v) is 9.22. The van der Waals surface area contributed by atoms with Gasteiger partial charge in [-0.1, -0.05) is 23.5 Å². The second-order valence-electron chi connectivity index (χ2n) is 6.04. The molecule has 0 radical (unpaired) electrons. The van der Waals surface area contributed by atoms with Gasteiger partial charge in [-0.05, 0) is 30.5 Å². The van der Waals surface area contributed by atoms with Gasteiger partial charge in [0.25, 0.3) is 0 Å². The average Bonchev–Trinajstić information content (AvgIpc) is 3.36. The van der Waals surface area contributed by atoms with Crippen LogP contribution < -0.4 is 4.90 Å². The van der Waals surface area contributed by atoms with E-state index in [2.05, 4.69) is 14.9 Å². The van der Waals surface area contributed by atoms with Crippen molar-refractivity contribution in [3.05, 3.63) is 54.7 Å². The molecule has 8 heteroatoms. The molecule has 0 aliphatic carbocycles. The van der Waals surface area contributed by atoms with Crippen LogP contribution in [0, 0.1) is 0 Å². The smallest absolute Gasteiger partial charge is 0.217 e. The SMILES string of the molecule is O=S(=O)(c1ccc(Cn2ccnc2)cc1)c1cnc(N2CCCC2)s1. The van der Waals surface area contributed by atoms with Crippen molar-refractivity contribution in [3.8, 4) is 0 Å². The quantitative estimate of drug-likeness (QED) is 0.687. The normalized spacial score (nSPS) is 15.0. The molecular weight excluding hydrogens is 356 g/mol. The Morgan fingerprint density at radius 2 is 1.88 bits per heavy atom. The summed E-state index contributed by atoms with van der Waals surface area (Å²) in [6.07, 6.45) is 9.09. The Morgan fingerprint density at radius 1 is 1.12 bits per heavy atom. The predicted molar refractivity (Wildman–Crippen MR) is 96.8 cm³/mol. The Hall–Kier alpha value is -2.19. The molecule has 1 saturated heterocycles. The van der Waals surface area contributed by atoms with Crippen molar-refractivity contribution in [2.75, 3.05) is 18.0 Å². The lowest BCUT2D eigenvalue weighted by Gasteiger charge is -2.12. The Morgan fingerprint density at radius 3 is 2.56 bits per heavy atom. The predicted octanol–water partition coefficient (Wildman–Crippen LogP) is 2.82. The lowest BCUT2D eigenvalue weighted by molar-refractivity contribution is 0.598. The van der Waals surface area contributed by atoms with E-state index in [0.29, 0.717) is 15.6 Å². The molecule has 0 bridgehead atoms. The van der Waals surface area contributed by atoms with Crippen molar-refractivity contribution in [3.63, 3.8) is 0 Å². The molecule has 0 N–H and O–H groups in total. The fourth-order valence-electron chi connectivity index (χ4n) is 2.91. The van der Waals surface area contributed by atoms with E-state index in [1.54, 1.807) is 24.7 Å². The van der Waals surface area contributed by atoms with Crippen molar-refractivity contribution in [1.82, 2.24) is 14.5 Å². The monoisotopic (exact) mass is 374 g/mol. The van der Waals surface area contributed by atoms with Gasteiger partial charge in [0.05, 0.1) is 17.4 Å². The van der Waals surface area contributed by atoms with E-state index in [4.69, 9.17) is 0 Å². The van der Waals surface area contributed by atoms with Crippen LogP contribution in [-0.2, 0) is 16.4 Å². The Labute approximate surface area is 150 Å². The zero-order valence-electron chi connectivity index (χ0n) is 13.6. The molecule has 4 rings (SSSR count). The van der Waals surface area contributed by atoms with Gasteiger partial charge < -0.3 is 9.47 Å². The van der Waals surface area contributed by atoms with Crippen LogP contribution in [0.15, 0.2) is 58.3 Å². The number of hydrogen-bond donors (Lipinski definition) is 0. The number of anilines is 1. The van der Waals surface area contributed by atoms with Crippen LogP contribution in [0.25, 0.3) is 0 Å². The van der Waals surface area contributed by atoms with E-state index < -0.39 is 9.84 Å². The summed E-state index contributed by atoms with van der Waals surface area (Å²) in [4.78, 5) is 10.8. The van der Waals surface area contributed by atoms with Crippen molar-refractivity contribution >= 4 is 26.3 Å². The van der Waals surface area contributed by atoms with Gasteiger partial charge in [-0.25, -0.2) is 18.4 Å². The summed E-state index contributed by atoms with van der Waals surface area (Å²) in [5, 5.41) is 0.799. The third-order valence-electron chi connectivity index (χ3n) is 4.27. The van der Waals surface area contributed by atoms with Gasteiger partial charge in [0.2, 0.25) is 9.84 Å². The average molecular weight is 374 g/mol. The lowest BCUT2D eigenvalue weighted by atomic mass is 10.2. The molecule has 130 valence electrons. The number of benzene rings is 1. The van der Waals surface area contributed by atoms with E-state index in [1.807, 2.05) is 22.9 Å². The first kappa shape index (κ1) is 16.3. The summed E-state index contributed by atoms with van der Waals surface area (Å²) in [6, 6.07) is 7.01. The van der Waals surface area contributed by atoms with Gasteiger partial charge in [-0.15, -0.1) is 0 Å². The molecule has 1 aromatic carbocycles. The van der Waals surface area contributed by atoms with E-state index in [0.717, 1.165) is 36.6 Å². The third kappa shape index (κ3) is 3.32. The van der Waals surface area contributed by atoms with Crippen molar-refractivity contribution in [2.24, 2.45) is 0 Å². The van der Waals surface area contributed by atoms with E-state index in [1.165, 1.54) is 17.5 Å². The van der Waals surface area contributed by atoms with E-state index in [9.17, 15) is 8.42 Å². The number of thiazole rings is 1. The number of imidazole rings is 1. The summed E-state index contributed by atoms with van der Waals surface area (Å²) in [7, 11) is -3.52. The number of aromatic nitrogens is 3. The zero-order valence-corrected chi connectivity index (χ0v) is 15.2. The molecule has 1 aliphatic heterocycles. The second kappa shape index (κ2) is 6.61. The van der Waals surface area contributed by atoms with Gasteiger partial charge in [0.15, 0.2) is 5.13 Å². The van der Waals surface area contributed by atoms with Crippen LogP contribution in [-0.4, -0.2) is 36.0 Å². The maximum absolute atomic E-state index is 12.8. The number of rotatable bonds is 5. The highest BCUT2D eigenvalue weighted by Crippen LogP contribution is 2.32. The maximum atomic E-state index is 12.8. The molecule has 1 aliphatic rings. The highest BCUT2D eigenvalue weighted by molar-refractivity contribution is 7.93. The van der Waals surface area contributed by atoms with Crippen LogP contribution in [0.5, 0.6) is 0 Å².